The van der Waals surface area contributed by atoms with Crippen LogP contribution in [0.2, 0.25) is 0 Å². The lowest BCUT2D eigenvalue weighted by molar-refractivity contribution is -0.132. The van der Waals surface area contributed by atoms with Crippen LogP contribution in [0.3, 0.4) is 0 Å². The summed E-state index contributed by atoms with van der Waals surface area (Å²) >= 11 is 1.81. The molecule has 1 heterocycles. The molecule has 23 heavy (non-hydrogen) atoms. The van der Waals surface area contributed by atoms with Crippen molar-refractivity contribution in [1.82, 2.24) is 10.2 Å². The largest absolute Gasteiger partial charge is 0.341 e. The van der Waals surface area contributed by atoms with Crippen LogP contribution in [-0.2, 0) is 4.79 Å². The molecule has 1 amide bonds. The number of hydrogen-bond acceptors (Lipinski definition) is 3. The van der Waals surface area contributed by atoms with E-state index in [1.807, 2.05) is 18.8 Å². The van der Waals surface area contributed by atoms with E-state index >= 15 is 0 Å². The first-order valence-corrected chi connectivity index (χ1v) is 9.64. The molecular weight excluding hydrogens is 304 g/mol. The Balaban J connectivity index is 1.72. The summed E-state index contributed by atoms with van der Waals surface area (Å²) in [6.45, 7) is 4.98. The third-order valence-corrected chi connectivity index (χ3v) is 6.68. The van der Waals surface area contributed by atoms with Crippen LogP contribution < -0.4 is 5.32 Å². The van der Waals surface area contributed by atoms with E-state index in [1.165, 1.54) is 23.3 Å². The van der Waals surface area contributed by atoms with Gasteiger partial charge < -0.3 is 10.2 Å². The SMILES string of the molecule is CNCC1CCN(C(=O)C2(Sc3ccc(C)cc3)CCCC2)C1. The molecule has 1 atom stereocenters. The molecule has 1 aliphatic heterocycles. The van der Waals surface area contributed by atoms with Crippen LogP contribution in [-0.4, -0.2) is 42.2 Å². The van der Waals surface area contributed by atoms with E-state index in [0.717, 1.165) is 38.9 Å². The van der Waals surface area contributed by atoms with Crippen LogP contribution >= 0.6 is 11.8 Å². The van der Waals surface area contributed by atoms with Crippen molar-refractivity contribution in [1.29, 1.82) is 0 Å². The van der Waals surface area contributed by atoms with Crippen molar-refractivity contribution < 1.29 is 4.79 Å². The van der Waals surface area contributed by atoms with Gasteiger partial charge >= 0.3 is 0 Å². The van der Waals surface area contributed by atoms with Gasteiger partial charge in [-0.3, -0.25) is 4.79 Å². The molecule has 1 aromatic carbocycles. The molecule has 0 spiro atoms. The van der Waals surface area contributed by atoms with Crippen LogP contribution in [0, 0.1) is 12.8 Å². The Bertz CT molecular complexity index is 537. The molecule has 0 radical (unpaired) electrons. The summed E-state index contributed by atoms with van der Waals surface area (Å²) in [5.41, 5.74) is 1.27. The minimum atomic E-state index is -0.218. The molecule has 1 aliphatic carbocycles. The highest BCUT2D eigenvalue weighted by atomic mass is 32.2. The minimum absolute atomic E-state index is 0.218. The number of likely N-dealkylation sites (tertiary alicyclic amines) is 1. The quantitative estimate of drug-likeness (QED) is 0.896. The van der Waals surface area contributed by atoms with Crippen molar-refractivity contribution in [3.8, 4) is 0 Å². The van der Waals surface area contributed by atoms with Crippen molar-refractivity contribution in [3.63, 3.8) is 0 Å². The van der Waals surface area contributed by atoms with Gasteiger partial charge in [-0.05, 0) is 57.8 Å². The predicted octanol–water partition coefficient (Wildman–Crippen LogP) is 3.47. The number of hydrogen-bond donors (Lipinski definition) is 1. The van der Waals surface area contributed by atoms with Crippen molar-refractivity contribution in [2.24, 2.45) is 5.92 Å². The number of amides is 1. The zero-order chi connectivity index (χ0) is 16.3. The first-order valence-electron chi connectivity index (χ1n) is 8.83. The molecule has 2 aliphatic rings. The van der Waals surface area contributed by atoms with E-state index in [0.29, 0.717) is 11.8 Å². The van der Waals surface area contributed by atoms with Gasteiger partial charge in [-0.25, -0.2) is 0 Å². The standard InChI is InChI=1S/C19H28N2OS/c1-15-5-7-17(8-6-15)23-19(10-3-4-11-19)18(22)21-12-9-16(14-21)13-20-2/h5-8,16,20H,3-4,9-14H2,1-2H3. The minimum Gasteiger partial charge on any atom is -0.341 e. The summed E-state index contributed by atoms with van der Waals surface area (Å²) in [5.74, 6) is 1.01. The summed E-state index contributed by atoms with van der Waals surface area (Å²) < 4.78 is -0.218. The molecule has 1 saturated carbocycles. The first-order chi connectivity index (χ1) is 11.1. The molecule has 1 saturated heterocycles. The van der Waals surface area contributed by atoms with Crippen molar-refractivity contribution in [2.45, 2.75) is 48.7 Å². The highest BCUT2D eigenvalue weighted by Crippen LogP contribution is 2.47. The molecule has 0 aromatic heterocycles. The number of carbonyl (C=O) groups is 1. The van der Waals surface area contributed by atoms with Gasteiger partial charge in [0.2, 0.25) is 5.91 Å². The van der Waals surface area contributed by atoms with Crippen molar-refractivity contribution in [3.05, 3.63) is 29.8 Å². The van der Waals surface area contributed by atoms with E-state index in [-0.39, 0.29) is 4.75 Å². The van der Waals surface area contributed by atoms with Gasteiger partial charge in [0.05, 0.1) is 4.75 Å². The second-order valence-electron chi connectivity index (χ2n) is 7.08. The number of nitrogens with one attached hydrogen (secondary N) is 1. The monoisotopic (exact) mass is 332 g/mol. The second-order valence-corrected chi connectivity index (χ2v) is 8.54. The third kappa shape index (κ3) is 3.74. The Morgan fingerprint density at radius 1 is 1.30 bits per heavy atom. The van der Waals surface area contributed by atoms with E-state index < -0.39 is 0 Å². The summed E-state index contributed by atoms with van der Waals surface area (Å²) in [7, 11) is 2.00. The van der Waals surface area contributed by atoms with Crippen LogP contribution in [0.1, 0.15) is 37.7 Å². The van der Waals surface area contributed by atoms with Crippen molar-refractivity contribution >= 4 is 17.7 Å². The number of nitrogens with zero attached hydrogens (tertiary/aromatic N) is 1. The Kier molecular flexibility index (Phi) is 5.32. The van der Waals surface area contributed by atoms with Gasteiger partial charge in [-0.1, -0.05) is 30.5 Å². The average molecular weight is 333 g/mol. The number of carbonyl (C=O) groups excluding carboxylic acids is 1. The van der Waals surface area contributed by atoms with Crippen LogP contribution in [0.25, 0.3) is 0 Å². The molecule has 3 nitrogen and oxygen atoms in total. The maximum Gasteiger partial charge on any atom is 0.239 e. The predicted molar refractivity (Wildman–Crippen MR) is 96.8 cm³/mol. The lowest BCUT2D eigenvalue weighted by Gasteiger charge is -2.32. The van der Waals surface area contributed by atoms with Crippen LogP contribution in [0.4, 0.5) is 0 Å². The zero-order valence-corrected chi connectivity index (χ0v) is 15.1. The maximum atomic E-state index is 13.3. The third-order valence-electron chi connectivity index (χ3n) is 5.20. The Hall–Kier alpha value is -1.00. The first kappa shape index (κ1) is 16.8. The fourth-order valence-electron chi connectivity index (χ4n) is 3.90. The number of benzene rings is 1. The van der Waals surface area contributed by atoms with Gasteiger partial charge in [0.15, 0.2) is 0 Å². The van der Waals surface area contributed by atoms with E-state index in [2.05, 4.69) is 41.4 Å². The van der Waals surface area contributed by atoms with Gasteiger partial charge in [0, 0.05) is 18.0 Å². The summed E-state index contributed by atoms with van der Waals surface area (Å²) in [4.78, 5) is 16.6. The Labute approximate surface area is 144 Å². The fraction of sp³-hybridized carbons (Fsp3) is 0.632. The fourth-order valence-corrected chi connectivity index (χ4v) is 5.33. The number of rotatable bonds is 5. The van der Waals surface area contributed by atoms with Gasteiger partial charge in [0.1, 0.15) is 0 Å². The summed E-state index contributed by atoms with van der Waals surface area (Å²) in [6, 6.07) is 8.63. The topological polar surface area (TPSA) is 32.3 Å². The molecule has 126 valence electrons. The maximum absolute atomic E-state index is 13.3. The molecule has 3 rings (SSSR count). The normalized spacial score (nSPS) is 23.4. The molecule has 1 unspecified atom stereocenters. The molecule has 2 fully saturated rings. The Morgan fingerprint density at radius 2 is 2.00 bits per heavy atom. The number of thioether (sulfide) groups is 1. The zero-order valence-electron chi connectivity index (χ0n) is 14.3. The van der Waals surface area contributed by atoms with E-state index in [4.69, 9.17) is 0 Å². The van der Waals surface area contributed by atoms with Gasteiger partial charge in [0.25, 0.3) is 0 Å². The second kappa shape index (κ2) is 7.27. The summed E-state index contributed by atoms with van der Waals surface area (Å²) in [5, 5.41) is 3.25. The molecule has 1 aromatic rings. The highest BCUT2D eigenvalue weighted by molar-refractivity contribution is 8.01. The Morgan fingerprint density at radius 3 is 2.65 bits per heavy atom. The van der Waals surface area contributed by atoms with E-state index in [9.17, 15) is 4.79 Å². The smallest absolute Gasteiger partial charge is 0.239 e. The average Bonchev–Trinajstić information content (AvgIpc) is 3.20. The van der Waals surface area contributed by atoms with Gasteiger partial charge in [-0.2, -0.15) is 0 Å². The van der Waals surface area contributed by atoms with E-state index in [1.54, 1.807) is 0 Å². The molecular formula is C19H28N2OS. The lowest BCUT2D eigenvalue weighted by Crippen LogP contribution is -2.44. The highest BCUT2D eigenvalue weighted by Gasteiger charge is 2.45. The molecule has 4 heteroatoms. The molecule has 1 N–H and O–H groups in total. The lowest BCUT2D eigenvalue weighted by atomic mass is 10.1. The number of aryl methyl sites for hydroxylation is 1. The molecule has 0 bridgehead atoms. The summed E-state index contributed by atoms with van der Waals surface area (Å²) in [6.07, 6.45) is 5.55. The van der Waals surface area contributed by atoms with Crippen LogP contribution in [0.5, 0.6) is 0 Å². The van der Waals surface area contributed by atoms with Gasteiger partial charge in [-0.15, -0.1) is 11.8 Å². The van der Waals surface area contributed by atoms with Crippen molar-refractivity contribution in [2.75, 3.05) is 26.7 Å². The van der Waals surface area contributed by atoms with Crippen LogP contribution in [0.15, 0.2) is 29.2 Å².